The summed E-state index contributed by atoms with van der Waals surface area (Å²) >= 11 is 0. The molecule has 1 rings (SSSR count). The van der Waals surface area contributed by atoms with E-state index in [1.54, 1.807) is 12.1 Å². The maximum Gasteiger partial charge on any atom is 0.152 e. The molecule has 0 amide bonds. The third kappa shape index (κ3) is 3.80. The van der Waals surface area contributed by atoms with Crippen molar-refractivity contribution in [2.24, 2.45) is 0 Å². The summed E-state index contributed by atoms with van der Waals surface area (Å²) in [7, 11) is 0. The molecule has 5 heteroatoms. The lowest BCUT2D eigenvalue weighted by Gasteiger charge is -2.14. The van der Waals surface area contributed by atoms with Crippen LogP contribution in [0.1, 0.15) is 23.2 Å². The molecule has 0 aliphatic rings. The molecule has 18 heavy (non-hydrogen) atoms. The smallest absolute Gasteiger partial charge is 0.152 e. The van der Waals surface area contributed by atoms with Crippen molar-refractivity contribution in [2.45, 2.75) is 12.8 Å². The molecule has 0 fully saturated rings. The summed E-state index contributed by atoms with van der Waals surface area (Å²) < 4.78 is 0. The Balaban J connectivity index is 2.83. The quantitative estimate of drug-likeness (QED) is 0.565. The number of hydrogen-bond acceptors (Lipinski definition) is 5. The third-order valence-electron chi connectivity index (χ3n) is 2.31. The van der Waals surface area contributed by atoms with Gasteiger partial charge in [-0.05, 0) is 12.1 Å². The summed E-state index contributed by atoms with van der Waals surface area (Å²) in [6, 6.07) is 9.39. The van der Waals surface area contributed by atoms with Crippen LogP contribution in [0.4, 0.5) is 11.4 Å². The minimum Gasteiger partial charge on any atom is -0.382 e. The summed E-state index contributed by atoms with van der Waals surface area (Å²) in [6.45, 7) is 1.00. The van der Waals surface area contributed by atoms with Crippen LogP contribution in [-0.4, -0.2) is 19.4 Å². The molecule has 92 valence electrons. The Morgan fingerprint density at radius 3 is 2.39 bits per heavy atom. The van der Waals surface area contributed by atoms with Crippen LogP contribution < -0.4 is 10.6 Å². The van der Waals surface area contributed by atoms with Gasteiger partial charge in [-0.3, -0.25) is 4.79 Å². The van der Waals surface area contributed by atoms with Gasteiger partial charge in [0.05, 0.1) is 36.4 Å². The number of aldehydes is 1. The van der Waals surface area contributed by atoms with Crippen LogP contribution in [0.3, 0.4) is 0 Å². The third-order valence-corrected chi connectivity index (χ3v) is 2.31. The van der Waals surface area contributed by atoms with Crippen LogP contribution >= 0.6 is 0 Å². The lowest BCUT2D eigenvalue weighted by molar-refractivity contribution is 0.112. The van der Waals surface area contributed by atoms with Crippen molar-refractivity contribution in [2.75, 3.05) is 23.7 Å². The molecule has 0 unspecified atom stereocenters. The van der Waals surface area contributed by atoms with Crippen LogP contribution in [0.5, 0.6) is 0 Å². The van der Waals surface area contributed by atoms with Crippen molar-refractivity contribution in [1.82, 2.24) is 0 Å². The average Bonchev–Trinajstić information content (AvgIpc) is 2.40. The zero-order valence-corrected chi connectivity index (χ0v) is 9.94. The lowest BCUT2D eigenvalue weighted by Crippen LogP contribution is -2.09. The van der Waals surface area contributed by atoms with Crippen LogP contribution in [0.25, 0.3) is 0 Å². The van der Waals surface area contributed by atoms with Gasteiger partial charge in [-0.2, -0.15) is 10.5 Å². The highest BCUT2D eigenvalue weighted by atomic mass is 16.1. The van der Waals surface area contributed by atoms with Crippen molar-refractivity contribution < 1.29 is 4.79 Å². The molecule has 0 aliphatic carbocycles. The van der Waals surface area contributed by atoms with Crippen LogP contribution in [0.15, 0.2) is 18.2 Å². The fourth-order valence-corrected chi connectivity index (χ4v) is 1.51. The molecular weight excluding hydrogens is 228 g/mol. The Morgan fingerprint density at radius 1 is 1.11 bits per heavy atom. The van der Waals surface area contributed by atoms with E-state index in [1.165, 1.54) is 0 Å². The maximum absolute atomic E-state index is 11.0. The molecule has 0 aliphatic heterocycles. The fraction of sp³-hybridized carbons (Fsp3) is 0.308. The second kappa shape index (κ2) is 7.70. The van der Waals surface area contributed by atoms with E-state index in [9.17, 15) is 4.79 Å². The Kier molecular flexibility index (Phi) is 5.79. The first kappa shape index (κ1) is 13.5. The number of rotatable bonds is 7. The number of nitriles is 2. The predicted octanol–water partition coefficient (Wildman–Crippen LogP) is 2.15. The van der Waals surface area contributed by atoms with Crippen LogP contribution in [0.2, 0.25) is 0 Å². The molecular formula is C13H14N4O. The molecule has 1 aromatic carbocycles. The number of nitrogens with one attached hydrogen (secondary N) is 2. The largest absolute Gasteiger partial charge is 0.382 e. The van der Waals surface area contributed by atoms with E-state index in [2.05, 4.69) is 10.6 Å². The van der Waals surface area contributed by atoms with E-state index in [4.69, 9.17) is 10.5 Å². The lowest BCUT2D eigenvalue weighted by atomic mass is 10.1. The molecule has 2 N–H and O–H groups in total. The first-order valence-corrected chi connectivity index (χ1v) is 5.63. The molecule has 0 bridgehead atoms. The van der Waals surface area contributed by atoms with Gasteiger partial charge in [0.1, 0.15) is 0 Å². The van der Waals surface area contributed by atoms with Gasteiger partial charge in [-0.15, -0.1) is 0 Å². The number of carbonyl (C=O) groups excluding carboxylic acids is 1. The summed E-state index contributed by atoms with van der Waals surface area (Å²) in [5.41, 5.74) is 1.99. The Labute approximate surface area is 106 Å². The number of hydrogen-bond donors (Lipinski definition) is 2. The van der Waals surface area contributed by atoms with Gasteiger partial charge in [0.15, 0.2) is 6.29 Å². The van der Waals surface area contributed by atoms with Gasteiger partial charge in [0, 0.05) is 18.7 Å². The predicted molar refractivity (Wildman–Crippen MR) is 69.3 cm³/mol. The Bertz CT molecular complexity index is 485. The van der Waals surface area contributed by atoms with E-state index in [-0.39, 0.29) is 0 Å². The molecule has 0 saturated carbocycles. The number of nitrogens with zero attached hydrogens (tertiary/aromatic N) is 2. The van der Waals surface area contributed by atoms with E-state index in [0.29, 0.717) is 37.2 Å². The van der Waals surface area contributed by atoms with Crippen LogP contribution in [0, 0.1) is 22.7 Å². The highest BCUT2D eigenvalue weighted by Crippen LogP contribution is 2.25. The van der Waals surface area contributed by atoms with Gasteiger partial charge < -0.3 is 10.6 Å². The van der Waals surface area contributed by atoms with Crippen molar-refractivity contribution in [3.05, 3.63) is 23.8 Å². The first-order valence-electron chi connectivity index (χ1n) is 5.63. The maximum atomic E-state index is 11.0. The minimum absolute atomic E-state index is 0.366. The molecule has 0 heterocycles. The van der Waals surface area contributed by atoms with Crippen molar-refractivity contribution >= 4 is 17.7 Å². The van der Waals surface area contributed by atoms with E-state index in [0.717, 1.165) is 12.0 Å². The van der Waals surface area contributed by atoms with Crippen LogP contribution in [-0.2, 0) is 0 Å². The molecule has 5 nitrogen and oxygen atoms in total. The summed E-state index contributed by atoms with van der Waals surface area (Å²) in [5, 5.41) is 23.1. The van der Waals surface area contributed by atoms with E-state index in [1.807, 2.05) is 18.2 Å². The first-order chi connectivity index (χ1) is 8.83. The van der Waals surface area contributed by atoms with Gasteiger partial charge in [0.25, 0.3) is 0 Å². The molecule has 0 spiro atoms. The number of anilines is 2. The standard InChI is InChI=1S/C13H14N4O/c14-6-2-8-16-12-5-1-4-11(10-18)13(12)17-9-3-7-15/h1,4-5,10,16-17H,2-3,8-9H2. The fourth-order valence-electron chi connectivity index (χ4n) is 1.51. The highest BCUT2D eigenvalue weighted by molar-refractivity contribution is 5.90. The Morgan fingerprint density at radius 2 is 1.78 bits per heavy atom. The molecule has 0 aromatic heterocycles. The zero-order valence-electron chi connectivity index (χ0n) is 9.94. The van der Waals surface area contributed by atoms with Crippen molar-refractivity contribution in [3.63, 3.8) is 0 Å². The van der Waals surface area contributed by atoms with Gasteiger partial charge >= 0.3 is 0 Å². The number of para-hydroxylation sites is 1. The summed E-state index contributed by atoms with van der Waals surface area (Å²) in [4.78, 5) is 11.0. The SMILES string of the molecule is N#CCCNc1cccc(C=O)c1NCCC#N. The number of carbonyl (C=O) groups is 1. The average molecular weight is 242 g/mol. The second-order valence-electron chi connectivity index (χ2n) is 3.56. The monoisotopic (exact) mass is 242 g/mol. The van der Waals surface area contributed by atoms with E-state index >= 15 is 0 Å². The minimum atomic E-state index is 0.366. The topological polar surface area (TPSA) is 88.7 Å². The van der Waals surface area contributed by atoms with E-state index < -0.39 is 0 Å². The van der Waals surface area contributed by atoms with Gasteiger partial charge in [0.2, 0.25) is 0 Å². The Hall–Kier alpha value is -2.53. The zero-order chi connectivity index (χ0) is 13.2. The second-order valence-corrected chi connectivity index (χ2v) is 3.56. The van der Waals surface area contributed by atoms with Crippen molar-refractivity contribution in [3.8, 4) is 12.1 Å². The highest BCUT2D eigenvalue weighted by Gasteiger charge is 2.06. The van der Waals surface area contributed by atoms with Gasteiger partial charge in [-0.1, -0.05) is 6.07 Å². The normalized spacial score (nSPS) is 9.00. The molecule has 0 saturated heterocycles. The van der Waals surface area contributed by atoms with Crippen molar-refractivity contribution in [1.29, 1.82) is 10.5 Å². The molecule has 1 aromatic rings. The summed E-state index contributed by atoms with van der Waals surface area (Å²) in [5.74, 6) is 0. The number of benzene rings is 1. The molecule has 0 radical (unpaired) electrons. The van der Waals surface area contributed by atoms with Gasteiger partial charge in [-0.25, -0.2) is 0 Å². The molecule has 0 atom stereocenters. The summed E-state index contributed by atoms with van der Waals surface area (Å²) in [6.07, 6.45) is 1.53.